The number of halogens is 4. The molecule has 2 rings (SSSR count). The molecular formula is C8H4BrF3N2S. The highest BCUT2D eigenvalue weighted by Gasteiger charge is 2.31. The van der Waals surface area contributed by atoms with Gasteiger partial charge < -0.3 is 4.98 Å². The summed E-state index contributed by atoms with van der Waals surface area (Å²) in [4.78, 5) is 6.57. The van der Waals surface area contributed by atoms with E-state index in [4.69, 9.17) is 0 Å². The summed E-state index contributed by atoms with van der Waals surface area (Å²) in [7, 11) is 0. The van der Waals surface area contributed by atoms with E-state index in [1.165, 1.54) is 0 Å². The maximum Gasteiger partial charge on any atom is 0.416 e. The average Bonchev–Trinajstić information content (AvgIpc) is 2.44. The molecule has 1 aromatic carbocycles. The van der Waals surface area contributed by atoms with Gasteiger partial charge in [0.15, 0.2) is 5.16 Å². The third-order valence-electron chi connectivity index (χ3n) is 1.85. The standard InChI is InChI=1S/C8H4BrF3N2S/c9-4-1-3(8(10,11)12)2-5-6(4)14-7(15)13-5/h1-2H,(H2,13,14,15). The largest absolute Gasteiger partial charge is 0.416 e. The summed E-state index contributed by atoms with van der Waals surface area (Å²) in [6, 6.07) is 2.00. The molecule has 7 heteroatoms. The van der Waals surface area contributed by atoms with Gasteiger partial charge >= 0.3 is 6.18 Å². The third kappa shape index (κ3) is 1.98. The number of rotatable bonds is 0. The van der Waals surface area contributed by atoms with Crippen LogP contribution in [0.1, 0.15) is 5.56 Å². The van der Waals surface area contributed by atoms with Crippen LogP contribution in [0.5, 0.6) is 0 Å². The van der Waals surface area contributed by atoms with Crippen molar-refractivity contribution in [3.05, 3.63) is 22.2 Å². The van der Waals surface area contributed by atoms with Crippen LogP contribution in [0, 0.1) is 0 Å². The molecule has 0 spiro atoms. The van der Waals surface area contributed by atoms with Crippen LogP contribution in [0.15, 0.2) is 21.8 Å². The summed E-state index contributed by atoms with van der Waals surface area (Å²) in [6.45, 7) is 0. The summed E-state index contributed by atoms with van der Waals surface area (Å²) in [6.07, 6.45) is -4.36. The zero-order chi connectivity index (χ0) is 11.2. The van der Waals surface area contributed by atoms with Crippen molar-refractivity contribution in [1.82, 2.24) is 9.97 Å². The summed E-state index contributed by atoms with van der Waals surface area (Å²) >= 11 is 6.97. The lowest BCUT2D eigenvalue weighted by molar-refractivity contribution is -0.137. The van der Waals surface area contributed by atoms with Gasteiger partial charge in [-0.05, 0) is 28.1 Å². The second-order valence-electron chi connectivity index (χ2n) is 2.91. The minimum absolute atomic E-state index is 0.282. The Morgan fingerprint density at radius 3 is 2.60 bits per heavy atom. The van der Waals surface area contributed by atoms with Crippen LogP contribution in [0.3, 0.4) is 0 Å². The average molecular weight is 297 g/mol. The fraction of sp³-hybridized carbons (Fsp3) is 0.125. The van der Waals surface area contributed by atoms with Crippen LogP contribution in [0.4, 0.5) is 13.2 Å². The Labute approximate surface area is 96.4 Å². The molecule has 0 saturated heterocycles. The van der Waals surface area contributed by atoms with Crippen LogP contribution in [0.25, 0.3) is 11.0 Å². The van der Waals surface area contributed by atoms with Gasteiger partial charge in [-0.25, -0.2) is 4.98 Å². The van der Waals surface area contributed by atoms with Gasteiger partial charge in [-0.1, -0.05) is 0 Å². The first-order chi connectivity index (χ1) is 6.88. The number of alkyl halides is 3. The first-order valence-electron chi connectivity index (χ1n) is 3.83. The van der Waals surface area contributed by atoms with Crippen LogP contribution in [-0.4, -0.2) is 9.97 Å². The normalized spacial score (nSPS) is 12.3. The second kappa shape index (κ2) is 3.41. The predicted octanol–water partition coefficient (Wildman–Crippen LogP) is 3.63. The van der Waals surface area contributed by atoms with Crippen molar-refractivity contribution in [2.75, 3.05) is 0 Å². The van der Waals surface area contributed by atoms with Gasteiger partial charge in [-0.3, -0.25) is 0 Å². The number of aromatic nitrogens is 2. The number of fused-ring (bicyclic) bond motifs is 1. The van der Waals surface area contributed by atoms with E-state index in [1.807, 2.05) is 0 Å². The van der Waals surface area contributed by atoms with Gasteiger partial charge in [0.25, 0.3) is 0 Å². The van der Waals surface area contributed by atoms with E-state index in [9.17, 15) is 13.2 Å². The quantitative estimate of drug-likeness (QED) is 0.714. The molecule has 1 N–H and O–H groups in total. The predicted molar refractivity (Wildman–Crippen MR) is 56.0 cm³/mol. The zero-order valence-electron chi connectivity index (χ0n) is 7.06. The molecule has 0 saturated carbocycles. The van der Waals surface area contributed by atoms with Crippen molar-refractivity contribution in [3.8, 4) is 0 Å². The Bertz CT molecular complexity index is 520. The van der Waals surface area contributed by atoms with Gasteiger partial charge in [-0.15, -0.1) is 12.6 Å². The summed E-state index contributed by atoms with van der Waals surface area (Å²) in [5.41, 5.74) is 0.0218. The Morgan fingerprint density at radius 1 is 1.33 bits per heavy atom. The molecule has 0 amide bonds. The first-order valence-corrected chi connectivity index (χ1v) is 5.07. The highest BCUT2D eigenvalue weighted by molar-refractivity contribution is 9.10. The van der Waals surface area contributed by atoms with Crippen LogP contribution >= 0.6 is 28.6 Å². The van der Waals surface area contributed by atoms with Crippen molar-refractivity contribution >= 4 is 39.6 Å². The van der Waals surface area contributed by atoms with Crippen LogP contribution in [0.2, 0.25) is 0 Å². The molecule has 0 unspecified atom stereocenters. The zero-order valence-corrected chi connectivity index (χ0v) is 9.54. The van der Waals surface area contributed by atoms with Gasteiger partial charge in [0.1, 0.15) is 5.52 Å². The minimum Gasteiger partial charge on any atom is -0.333 e. The maximum atomic E-state index is 12.4. The Kier molecular flexibility index (Phi) is 2.46. The maximum absolute atomic E-state index is 12.4. The van der Waals surface area contributed by atoms with E-state index in [0.29, 0.717) is 15.5 Å². The SMILES string of the molecule is FC(F)(F)c1cc(Br)c2nc(S)[nH]c2c1. The van der Waals surface area contributed by atoms with E-state index < -0.39 is 11.7 Å². The lowest BCUT2D eigenvalue weighted by atomic mass is 10.2. The highest BCUT2D eigenvalue weighted by Crippen LogP contribution is 2.34. The highest BCUT2D eigenvalue weighted by atomic mass is 79.9. The lowest BCUT2D eigenvalue weighted by Gasteiger charge is -2.06. The molecule has 0 aliphatic heterocycles. The number of hydrogen-bond donors (Lipinski definition) is 2. The van der Waals surface area contributed by atoms with E-state index in [-0.39, 0.29) is 5.16 Å². The van der Waals surface area contributed by atoms with Crippen molar-refractivity contribution in [1.29, 1.82) is 0 Å². The number of thiol groups is 1. The molecule has 2 nitrogen and oxygen atoms in total. The van der Waals surface area contributed by atoms with Crippen molar-refractivity contribution in [2.45, 2.75) is 11.3 Å². The van der Waals surface area contributed by atoms with E-state index in [0.717, 1.165) is 12.1 Å². The van der Waals surface area contributed by atoms with Crippen molar-refractivity contribution in [2.24, 2.45) is 0 Å². The van der Waals surface area contributed by atoms with E-state index in [1.54, 1.807) is 0 Å². The molecule has 0 aliphatic rings. The summed E-state index contributed by atoms with van der Waals surface area (Å²) < 4.78 is 37.6. The number of nitrogens with one attached hydrogen (secondary N) is 1. The van der Waals surface area contributed by atoms with E-state index >= 15 is 0 Å². The smallest absolute Gasteiger partial charge is 0.333 e. The van der Waals surface area contributed by atoms with Gasteiger partial charge in [-0.2, -0.15) is 13.2 Å². The third-order valence-corrected chi connectivity index (χ3v) is 2.67. The number of H-pyrrole nitrogens is 1. The molecule has 0 aliphatic carbocycles. The topological polar surface area (TPSA) is 28.7 Å². The fourth-order valence-electron chi connectivity index (χ4n) is 1.23. The molecule has 0 atom stereocenters. The molecule has 15 heavy (non-hydrogen) atoms. The minimum atomic E-state index is -4.36. The number of benzene rings is 1. The molecule has 0 radical (unpaired) electrons. The van der Waals surface area contributed by atoms with Crippen molar-refractivity contribution in [3.63, 3.8) is 0 Å². The van der Waals surface area contributed by atoms with Crippen LogP contribution in [-0.2, 0) is 6.18 Å². The Balaban J connectivity index is 2.72. The Hall–Kier alpha value is -0.690. The van der Waals surface area contributed by atoms with Gasteiger partial charge in [0.2, 0.25) is 0 Å². The lowest BCUT2D eigenvalue weighted by Crippen LogP contribution is -2.04. The molecular weight excluding hydrogens is 293 g/mol. The first kappa shape index (κ1) is 10.8. The van der Waals surface area contributed by atoms with Gasteiger partial charge in [0.05, 0.1) is 11.1 Å². The molecule has 2 aromatic rings. The molecule has 1 aromatic heterocycles. The number of hydrogen-bond acceptors (Lipinski definition) is 2. The number of imidazole rings is 1. The molecule has 80 valence electrons. The molecule has 0 bridgehead atoms. The van der Waals surface area contributed by atoms with E-state index in [2.05, 4.69) is 38.5 Å². The molecule has 1 heterocycles. The fourth-order valence-corrected chi connectivity index (χ4v) is 2.00. The summed E-state index contributed by atoms with van der Waals surface area (Å²) in [5.74, 6) is 0. The second-order valence-corrected chi connectivity index (χ2v) is 4.19. The Morgan fingerprint density at radius 2 is 2.00 bits per heavy atom. The van der Waals surface area contributed by atoms with Crippen molar-refractivity contribution < 1.29 is 13.2 Å². The number of nitrogens with zero attached hydrogens (tertiary/aromatic N) is 1. The monoisotopic (exact) mass is 296 g/mol. The van der Waals surface area contributed by atoms with Crippen LogP contribution < -0.4 is 0 Å². The van der Waals surface area contributed by atoms with Gasteiger partial charge in [0, 0.05) is 4.47 Å². The number of aromatic amines is 1. The summed E-state index contributed by atoms with van der Waals surface area (Å²) in [5, 5.41) is 0.282. The molecule has 0 fully saturated rings.